The van der Waals surface area contributed by atoms with Gasteiger partial charge in [0.15, 0.2) is 6.61 Å². The van der Waals surface area contributed by atoms with Crippen molar-refractivity contribution in [3.63, 3.8) is 0 Å². The molecule has 0 bridgehead atoms. The van der Waals surface area contributed by atoms with Gasteiger partial charge in [0.25, 0.3) is 5.91 Å². The number of primary amides is 1. The van der Waals surface area contributed by atoms with E-state index in [4.69, 9.17) is 15.2 Å². The predicted octanol–water partition coefficient (Wildman–Crippen LogP) is 0.834. The van der Waals surface area contributed by atoms with Gasteiger partial charge in [0.1, 0.15) is 11.3 Å². The van der Waals surface area contributed by atoms with Crippen LogP contribution in [0.15, 0.2) is 28.7 Å². The van der Waals surface area contributed by atoms with Gasteiger partial charge >= 0.3 is 0 Å². The molecule has 0 heterocycles. The van der Waals surface area contributed by atoms with Crippen molar-refractivity contribution in [1.29, 1.82) is 0 Å². The molecule has 3 N–H and O–H groups in total. The van der Waals surface area contributed by atoms with E-state index in [0.717, 1.165) is 4.47 Å². The molecule has 110 valence electrons. The molecule has 0 aliphatic carbocycles. The number of carbonyl (C=O) groups excluding carboxylic acids is 2. The number of ether oxygens (including phenoxy) is 2. The number of hydrogen-bond acceptors (Lipinski definition) is 4. The second-order valence-electron chi connectivity index (χ2n) is 4.42. The summed E-state index contributed by atoms with van der Waals surface area (Å²) in [6.45, 7) is 1.27. The summed E-state index contributed by atoms with van der Waals surface area (Å²) >= 11 is 3.30. The van der Waals surface area contributed by atoms with Gasteiger partial charge in [-0.05, 0) is 31.2 Å². The van der Waals surface area contributed by atoms with Crippen LogP contribution in [0.4, 0.5) is 0 Å². The van der Waals surface area contributed by atoms with Gasteiger partial charge in [0.05, 0.1) is 6.61 Å². The Bertz CT molecular complexity index is 478. The lowest BCUT2D eigenvalue weighted by molar-refractivity contribution is -0.134. The molecule has 1 rings (SSSR count). The molecule has 0 aliphatic heterocycles. The Morgan fingerprint density at radius 1 is 1.35 bits per heavy atom. The average Bonchev–Trinajstić information content (AvgIpc) is 2.38. The molecular formula is C13H17BrN2O4. The first kappa shape index (κ1) is 16.5. The van der Waals surface area contributed by atoms with Gasteiger partial charge in [-0.15, -0.1) is 0 Å². The molecule has 1 atom stereocenters. The van der Waals surface area contributed by atoms with E-state index < -0.39 is 17.4 Å². The number of methoxy groups -OCH3 is 1. The van der Waals surface area contributed by atoms with Crippen molar-refractivity contribution in [2.45, 2.75) is 12.5 Å². The van der Waals surface area contributed by atoms with Crippen molar-refractivity contribution in [3.05, 3.63) is 28.7 Å². The maximum absolute atomic E-state index is 11.8. The molecular weight excluding hydrogens is 328 g/mol. The maximum Gasteiger partial charge on any atom is 0.258 e. The summed E-state index contributed by atoms with van der Waals surface area (Å²) < 4.78 is 11.1. The largest absolute Gasteiger partial charge is 0.484 e. The van der Waals surface area contributed by atoms with E-state index in [1.54, 1.807) is 24.3 Å². The normalized spacial score (nSPS) is 13.3. The third-order valence-electron chi connectivity index (χ3n) is 2.58. The number of amides is 2. The number of nitrogens with two attached hydrogens (primary N) is 1. The first-order chi connectivity index (χ1) is 9.37. The highest BCUT2D eigenvalue weighted by atomic mass is 79.9. The lowest BCUT2D eigenvalue weighted by Crippen LogP contribution is -2.59. The highest BCUT2D eigenvalue weighted by Crippen LogP contribution is 2.16. The zero-order valence-corrected chi connectivity index (χ0v) is 12.9. The van der Waals surface area contributed by atoms with Crippen molar-refractivity contribution < 1.29 is 19.1 Å². The third-order valence-corrected chi connectivity index (χ3v) is 3.10. The van der Waals surface area contributed by atoms with Gasteiger partial charge in [-0.25, -0.2) is 0 Å². The SMILES string of the molecule is COC[C@@](C)(NC(=O)COc1ccc(Br)cc1)C(N)=O. The fraction of sp³-hybridized carbons (Fsp3) is 0.385. The molecule has 0 saturated carbocycles. The molecule has 6 nitrogen and oxygen atoms in total. The van der Waals surface area contributed by atoms with Crippen LogP contribution in [0.1, 0.15) is 6.92 Å². The van der Waals surface area contributed by atoms with Gasteiger partial charge in [-0.3, -0.25) is 9.59 Å². The Balaban J connectivity index is 2.54. The van der Waals surface area contributed by atoms with Gasteiger partial charge in [0, 0.05) is 11.6 Å². The Hall–Kier alpha value is -1.60. The minimum absolute atomic E-state index is 0.00758. The van der Waals surface area contributed by atoms with Crippen LogP contribution in [-0.2, 0) is 14.3 Å². The molecule has 0 aromatic heterocycles. The zero-order valence-electron chi connectivity index (χ0n) is 11.3. The third kappa shape index (κ3) is 4.82. The number of rotatable bonds is 7. The fourth-order valence-electron chi connectivity index (χ4n) is 1.48. The molecule has 1 aromatic carbocycles. The van der Waals surface area contributed by atoms with Gasteiger partial charge in [-0.2, -0.15) is 0 Å². The van der Waals surface area contributed by atoms with Crippen LogP contribution in [0.25, 0.3) is 0 Å². The highest BCUT2D eigenvalue weighted by Gasteiger charge is 2.33. The van der Waals surface area contributed by atoms with Crippen molar-refractivity contribution in [3.8, 4) is 5.75 Å². The Morgan fingerprint density at radius 3 is 2.45 bits per heavy atom. The zero-order chi connectivity index (χ0) is 15.2. The quantitative estimate of drug-likeness (QED) is 0.766. The van der Waals surface area contributed by atoms with Crippen LogP contribution in [0, 0.1) is 0 Å². The number of hydrogen-bond donors (Lipinski definition) is 2. The van der Waals surface area contributed by atoms with Crippen LogP contribution < -0.4 is 15.8 Å². The molecule has 1 aromatic rings. The molecule has 7 heteroatoms. The smallest absolute Gasteiger partial charge is 0.258 e. The van der Waals surface area contributed by atoms with Crippen LogP contribution in [0.2, 0.25) is 0 Å². The molecule has 20 heavy (non-hydrogen) atoms. The maximum atomic E-state index is 11.8. The fourth-order valence-corrected chi connectivity index (χ4v) is 1.75. The first-order valence-corrected chi connectivity index (χ1v) is 6.65. The lowest BCUT2D eigenvalue weighted by Gasteiger charge is -2.26. The van der Waals surface area contributed by atoms with Crippen molar-refractivity contribution in [1.82, 2.24) is 5.32 Å². The predicted molar refractivity (Wildman–Crippen MR) is 77.3 cm³/mol. The van der Waals surface area contributed by atoms with Gasteiger partial charge < -0.3 is 20.5 Å². The molecule has 0 saturated heterocycles. The lowest BCUT2D eigenvalue weighted by atomic mass is 10.0. The van der Waals surface area contributed by atoms with E-state index in [2.05, 4.69) is 21.2 Å². The topological polar surface area (TPSA) is 90.7 Å². The van der Waals surface area contributed by atoms with Crippen molar-refractivity contribution >= 4 is 27.7 Å². The van der Waals surface area contributed by atoms with Crippen molar-refractivity contribution in [2.24, 2.45) is 5.73 Å². The summed E-state index contributed by atoms with van der Waals surface area (Å²) in [6.07, 6.45) is 0. The van der Waals surface area contributed by atoms with E-state index in [9.17, 15) is 9.59 Å². The molecule has 0 radical (unpaired) electrons. The van der Waals surface area contributed by atoms with Gasteiger partial charge in [0.2, 0.25) is 5.91 Å². The summed E-state index contributed by atoms with van der Waals surface area (Å²) in [5.74, 6) is -0.571. The van der Waals surface area contributed by atoms with E-state index >= 15 is 0 Å². The van der Waals surface area contributed by atoms with Crippen molar-refractivity contribution in [2.75, 3.05) is 20.3 Å². The van der Waals surface area contributed by atoms with Crippen LogP contribution in [0.5, 0.6) is 5.75 Å². The Kier molecular flexibility index (Phi) is 5.97. The summed E-state index contributed by atoms with van der Waals surface area (Å²) in [5, 5.41) is 2.50. The summed E-state index contributed by atoms with van der Waals surface area (Å²) in [5.41, 5.74) is 3.99. The summed E-state index contributed by atoms with van der Waals surface area (Å²) in [4.78, 5) is 23.1. The molecule has 0 spiro atoms. The van der Waals surface area contributed by atoms with E-state index in [1.807, 2.05) is 0 Å². The van der Waals surface area contributed by atoms with Crippen LogP contribution >= 0.6 is 15.9 Å². The number of benzene rings is 1. The number of nitrogens with one attached hydrogen (secondary N) is 1. The highest BCUT2D eigenvalue weighted by molar-refractivity contribution is 9.10. The Morgan fingerprint density at radius 2 is 1.95 bits per heavy atom. The average molecular weight is 345 g/mol. The Labute approximate surface area is 125 Å². The van der Waals surface area contributed by atoms with E-state index in [0.29, 0.717) is 5.75 Å². The summed E-state index contributed by atoms with van der Waals surface area (Å²) in [7, 11) is 1.42. The number of carbonyl (C=O) groups is 2. The molecule has 0 unspecified atom stereocenters. The van der Waals surface area contributed by atoms with Gasteiger partial charge in [-0.1, -0.05) is 15.9 Å². The second kappa shape index (κ2) is 7.25. The number of halogens is 1. The monoisotopic (exact) mass is 344 g/mol. The molecule has 0 aliphatic rings. The minimum atomic E-state index is -1.26. The molecule has 0 fully saturated rings. The first-order valence-electron chi connectivity index (χ1n) is 5.85. The van der Waals surface area contributed by atoms with Crippen LogP contribution in [-0.4, -0.2) is 37.7 Å². The standard InChI is InChI=1S/C13H17BrN2O4/c1-13(8-19-2,12(15)18)16-11(17)7-20-10-5-3-9(14)4-6-10/h3-6H,7-8H2,1-2H3,(H2,15,18)(H,16,17)/t13-/m1/s1. The van der Waals surface area contributed by atoms with Crippen LogP contribution in [0.3, 0.4) is 0 Å². The second-order valence-corrected chi connectivity index (χ2v) is 5.34. The van der Waals surface area contributed by atoms with E-state index in [-0.39, 0.29) is 13.2 Å². The minimum Gasteiger partial charge on any atom is -0.484 e. The molecule has 2 amide bonds. The van der Waals surface area contributed by atoms with E-state index in [1.165, 1.54) is 14.0 Å². The summed E-state index contributed by atoms with van der Waals surface area (Å²) in [6, 6.07) is 7.04.